The lowest BCUT2D eigenvalue weighted by atomic mass is 10.1. The third kappa shape index (κ3) is 3.20. The van der Waals surface area contributed by atoms with Crippen LogP contribution in [0.1, 0.15) is 41.7 Å². The van der Waals surface area contributed by atoms with Gasteiger partial charge in [0.05, 0.1) is 5.69 Å². The van der Waals surface area contributed by atoms with Gasteiger partial charge in [0.25, 0.3) is 5.91 Å². The van der Waals surface area contributed by atoms with E-state index in [1.807, 2.05) is 4.90 Å². The van der Waals surface area contributed by atoms with Crippen LogP contribution in [-0.4, -0.2) is 28.4 Å². The molecule has 1 amide bonds. The molecule has 2 rings (SSSR count). The van der Waals surface area contributed by atoms with Crippen molar-refractivity contribution in [1.82, 2.24) is 9.88 Å². The predicted octanol–water partition coefficient (Wildman–Crippen LogP) is 2.11. The fraction of sp³-hybridized carbons (Fsp3) is 0.467. The lowest BCUT2D eigenvalue weighted by Crippen LogP contribution is -2.39. The summed E-state index contributed by atoms with van der Waals surface area (Å²) >= 11 is 0. The first-order chi connectivity index (χ1) is 9.26. The van der Waals surface area contributed by atoms with Crippen molar-refractivity contribution in [2.75, 3.05) is 6.54 Å². The third-order valence-electron chi connectivity index (χ3n) is 3.62. The molecule has 0 spiro atoms. The fourth-order valence-corrected chi connectivity index (χ4v) is 2.64. The SMILES string of the molecule is C=CCN(C(=O)c1ccnc(CN)c1)C1CCCC1. The number of nitrogens with zero attached hydrogens (tertiary/aromatic N) is 2. The van der Waals surface area contributed by atoms with Crippen LogP contribution in [0.3, 0.4) is 0 Å². The Morgan fingerprint density at radius 1 is 1.53 bits per heavy atom. The van der Waals surface area contributed by atoms with Gasteiger partial charge in [-0.2, -0.15) is 0 Å². The summed E-state index contributed by atoms with van der Waals surface area (Å²) in [5.41, 5.74) is 6.99. The van der Waals surface area contributed by atoms with Crippen molar-refractivity contribution in [3.63, 3.8) is 0 Å². The highest BCUT2D eigenvalue weighted by molar-refractivity contribution is 5.94. The van der Waals surface area contributed by atoms with Gasteiger partial charge in [0.15, 0.2) is 0 Å². The molecule has 0 bridgehead atoms. The first-order valence-corrected chi connectivity index (χ1v) is 6.83. The van der Waals surface area contributed by atoms with Crippen LogP contribution in [0.2, 0.25) is 0 Å². The molecule has 1 heterocycles. The van der Waals surface area contributed by atoms with E-state index in [0.717, 1.165) is 18.5 Å². The van der Waals surface area contributed by atoms with Crippen LogP contribution in [0.15, 0.2) is 31.0 Å². The van der Waals surface area contributed by atoms with Crippen molar-refractivity contribution in [1.29, 1.82) is 0 Å². The summed E-state index contributed by atoms with van der Waals surface area (Å²) in [4.78, 5) is 18.7. The minimum absolute atomic E-state index is 0.0592. The molecule has 1 aromatic rings. The van der Waals surface area contributed by atoms with Gasteiger partial charge in [0, 0.05) is 30.9 Å². The van der Waals surface area contributed by atoms with E-state index in [0.29, 0.717) is 24.7 Å². The molecule has 1 aliphatic carbocycles. The number of amides is 1. The number of aromatic nitrogens is 1. The van der Waals surface area contributed by atoms with E-state index in [-0.39, 0.29) is 5.91 Å². The van der Waals surface area contributed by atoms with Crippen LogP contribution < -0.4 is 5.73 Å². The summed E-state index contributed by atoms with van der Waals surface area (Å²) in [6.07, 6.45) is 8.03. The minimum Gasteiger partial charge on any atom is -0.332 e. The van der Waals surface area contributed by atoms with E-state index in [1.54, 1.807) is 24.4 Å². The molecule has 0 radical (unpaired) electrons. The van der Waals surface area contributed by atoms with Crippen molar-refractivity contribution in [3.8, 4) is 0 Å². The van der Waals surface area contributed by atoms with E-state index in [2.05, 4.69) is 11.6 Å². The maximum atomic E-state index is 12.6. The maximum Gasteiger partial charge on any atom is 0.254 e. The second-order valence-electron chi connectivity index (χ2n) is 4.92. The van der Waals surface area contributed by atoms with Crippen LogP contribution in [0, 0.1) is 0 Å². The molecule has 0 unspecified atom stereocenters. The van der Waals surface area contributed by atoms with Gasteiger partial charge in [-0.1, -0.05) is 18.9 Å². The van der Waals surface area contributed by atoms with Crippen molar-refractivity contribution in [2.24, 2.45) is 5.73 Å². The zero-order valence-corrected chi connectivity index (χ0v) is 11.2. The summed E-state index contributed by atoms with van der Waals surface area (Å²) < 4.78 is 0. The highest BCUT2D eigenvalue weighted by Gasteiger charge is 2.26. The molecule has 0 aliphatic heterocycles. The number of rotatable bonds is 5. The second kappa shape index (κ2) is 6.48. The Bertz CT molecular complexity index is 452. The first-order valence-electron chi connectivity index (χ1n) is 6.83. The molecule has 19 heavy (non-hydrogen) atoms. The highest BCUT2D eigenvalue weighted by Crippen LogP contribution is 2.24. The van der Waals surface area contributed by atoms with Crippen LogP contribution in [0.5, 0.6) is 0 Å². The van der Waals surface area contributed by atoms with E-state index in [9.17, 15) is 4.79 Å². The molecule has 1 saturated carbocycles. The Morgan fingerprint density at radius 2 is 2.26 bits per heavy atom. The normalized spacial score (nSPS) is 15.4. The quantitative estimate of drug-likeness (QED) is 0.824. The smallest absolute Gasteiger partial charge is 0.254 e. The van der Waals surface area contributed by atoms with Gasteiger partial charge in [-0.05, 0) is 25.0 Å². The summed E-state index contributed by atoms with van der Waals surface area (Å²) in [5.74, 6) is 0.0592. The van der Waals surface area contributed by atoms with E-state index in [4.69, 9.17) is 5.73 Å². The van der Waals surface area contributed by atoms with E-state index < -0.39 is 0 Å². The molecule has 0 aromatic carbocycles. The van der Waals surface area contributed by atoms with Gasteiger partial charge in [0.1, 0.15) is 0 Å². The highest BCUT2D eigenvalue weighted by atomic mass is 16.2. The van der Waals surface area contributed by atoms with Gasteiger partial charge in [-0.15, -0.1) is 6.58 Å². The molecule has 0 atom stereocenters. The average molecular weight is 259 g/mol. The Balaban J connectivity index is 2.19. The van der Waals surface area contributed by atoms with Crippen LogP contribution in [0.25, 0.3) is 0 Å². The Kier molecular flexibility index (Phi) is 4.68. The van der Waals surface area contributed by atoms with Crippen molar-refractivity contribution >= 4 is 5.91 Å². The topological polar surface area (TPSA) is 59.2 Å². The summed E-state index contributed by atoms with van der Waals surface area (Å²) in [7, 11) is 0. The fourth-order valence-electron chi connectivity index (χ4n) is 2.64. The largest absolute Gasteiger partial charge is 0.332 e. The number of carbonyl (C=O) groups is 1. The van der Waals surface area contributed by atoms with Crippen LogP contribution in [-0.2, 0) is 6.54 Å². The Morgan fingerprint density at radius 3 is 2.89 bits per heavy atom. The van der Waals surface area contributed by atoms with Crippen LogP contribution >= 0.6 is 0 Å². The number of pyridine rings is 1. The minimum atomic E-state index is 0.0592. The number of carbonyl (C=O) groups excluding carboxylic acids is 1. The number of hydrogen-bond acceptors (Lipinski definition) is 3. The lowest BCUT2D eigenvalue weighted by Gasteiger charge is -2.28. The van der Waals surface area contributed by atoms with Crippen molar-refractivity contribution < 1.29 is 4.79 Å². The summed E-state index contributed by atoms with van der Waals surface area (Å²) in [5, 5.41) is 0. The van der Waals surface area contributed by atoms with Gasteiger partial charge >= 0.3 is 0 Å². The van der Waals surface area contributed by atoms with Gasteiger partial charge in [-0.25, -0.2) is 0 Å². The lowest BCUT2D eigenvalue weighted by molar-refractivity contribution is 0.0706. The molecular weight excluding hydrogens is 238 g/mol. The summed E-state index contributed by atoms with van der Waals surface area (Å²) in [6.45, 7) is 4.71. The summed E-state index contributed by atoms with van der Waals surface area (Å²) in [6, 6.07) is 3.89. The molecule has 0 saturated heterocycles. The Hall–Kier alpha value is -1.68. The molecule has 102 valence electrons. The molecule has 4 heteroatoms. The van der Waals surface area contributed by atoms with Gasteiger partial charge < -0.3 is 10.6 Å². The standard InChI is InChI=1S/C15H21N3O/c1-2-9-18(14-5-3-4-6-14)15(19)12-7-8-17-13(10-12)11-16/h2,7-8,10,14H,1,3-6,9,11,16H2. The Labute approximate surface area is 114 Å². The molecule has 2 N–H and O–H groups in total. The van der Waals surface area contributed by atoms with E-state index in [1.165, 1.54) is 12.8 Å². The van der Waals surface area contributed by atoms with Gasteiger partial charge in [0.2, 0.25) is 0 Å². The molecular formula is C15H21N3O. The zero-order valence-electron chi connectivity index (χ0n) is 11.2. The first kappa shape index (κ1) is 13.7. The number of nitrogens with two attached hydrogens (primary N) is 1. The van der Waals surface area contributed by atoms with Crippen molar-refractivity contribution in [3.05, 3.63) is 42.2 Å². The van der Waals surface area contributed by atoms with Gasteiger partial charge in [-0.3, -0.25) is 9.78 Å². The predicted molar refractivity (Wildman–Crippen MR) is 75.6 cm³/mol. The number of hydrogen-bond donors (Lipinski definition) is 1. The molecule has 1 aliphatic rings. The monoisotopic (exact) mass is 259 g/mol. The molecule has 1 aromatic heterocycles. The third-order valence-corrected chi connectivity index (χ3v) is 3.62. The molecule has 1 fully saturated rings. The van der Waals surface area contributed by atoms with Crippen molar-refractivity contribution in [2.45, 2.75) is 38.3 Å². The van der Waals surface area contributed by atoms with Crippen LogP contribution in [0.4, 0.5) is 0 Å². The average Bonchev–Trinajstić information content (AvgIpc) is 2.98. The maximum absolute atomic E-state index is 12.6. The molecule has 4 nitrogen and oxygen atoms in total. The zero-order chi connectivity index (χ0) is 13.7. The second-order valence-corrected chi connectivity index (χ2v) is 4.92. The van der Waals surface area contributed by atoms with E-state index >= 15 is 0 Å².